The van der Waals surface area contributed by atoms with Gasteiger partial charge in [-0.3, -0.25) is 34.4 Å². The van der Waals surface area contributed by atoms with Gasteiger partial charge in [0.1, 0.15) is 25.0 Å². The first kappa shape index (κ1) is 40.4. The van der Waals surface area contributed by atoms with Gasteiger partial charge in [0.2, 0.25) is 17.7 Å². The summed E-state index contributed by atoms with van der Waals surface area (Å²) in [5, 5.41) is 4.49. The lowest BCUT2D eigenvalue weighted by atomic mass is 10.0. The van der Waals surface area contributed by atoms with Crippen molar-refractivity contribution in [1.82, 2.24) is 24.8 Å². The van der Waals surface area contributed by atoms with Crippen LogP contribution < -0.4 is 14.8 Å². The zero-order chi connectivity index (χ0) is 40.3. The fourth-order valence-corrected chi connectivity index (χ4v) is 6.82. The molecule has 4 amide bonds. The second-order valence-electron chi connectivity index (χ2n) is 13.5. The standard InChI is InChI=1S/C42H45N5O11/c1-46-35-10-11-43-27-34(35)31-5-2-28(24-37(31)46)29-3-9-39(44-26-29)58-23-21-56-19-17-54-15-13-52-12-14-53-16-18-55-20-22-57-30-4-6-32-33(25-30)42(51)47(41(32)50)36-7-8-38(48)45-40(36)49/h2-6,9-11,24-27,36H,7-8,12-23H2,1H3,(H,45,48,49). The van der Waals surface area contributed by atoms with E-state index in [1.54, 1.807) is 6.07 Å². The highest BCUT2D eigenvalue weighted by Crippen LogP contribution is 2.32. The van der Waals surface area contributed by atoms with E-state index in [0.29, 0.717) is 77.7 Å². The Balaban J connectivity index is 0.658. The molecule has 7 rings (SSSR count). The molecule has 3 aromatic heterocycles. The number of piperidine rings is 1. The number of hydrogen-bond donors (Lipinski definition) is 1. The van der Waals surface area contributed by atoms with Crippen LogP contribution in [0.2, 0.25) is 0 Å². The number of aromatic nitrogens is 3. The molecule has 16 heteroatoms. The molecule has 2 aliphatic heterocycles. The summed E-state index contributed by atoms with van der Waals surface area (Å²) in [6.45, 7) is 4.65. The van der Waals surface area contributed by atoms with E-state index < -0.39 is 29.7 Å². The summed E-state index contributed by atoms with van der Waals surface area (Å²) in [5.74, 6) is -1.29. The number of hydrogen-bond acceptors (Lipinski definition) is 13. The molecule has 1 fully saturated rings. The van der Waals surface area contributed by atoms with Crippen LogP contribution in [0.25, 0.3) is 32.9 Å². The quantitative estimate of drug-likeness (QED) is 0.0793. The minimum atomic E-state index is -1.01. The van der Waals surface area contributed by atoms with E-state index in [-0.39, 0.29) is 37.2 Å². The van der Waals surface area contributed by atoms with E-state index in [9.17, 15) is 19.2 Å². The number of benzene rings is 2. The number of fused-ring (bicyclic) bond motifs is 4. The fraction of sp³-hybridized carbons (Fsp3) is 0.381. The number of pyridine rings is 2. The first-order valence-corrected chi connectivity index (χ1v) is 19.2. The predicted molar refractivity (Wildman–Crippen MR) is 210 cm³/mol. The Kier molecular flexibility index (Phi) is 13.6. The lowest BCUT2D eigenvalue weighted by molar-refractivity contribution is -0.136. The Morgan fingerprint density at radius 1 is 0.638 bits per heavy atom. The number of imide groups is 2. The third-order valence-corrected chi connectivity index (χ3v) is 9.75. The summed E-state index contributed by atoms with van der Waals surface area (Å²) in [5.41, 5.74) is 4.73. The van der Waals surface area contributed by atoms with Gasteiger partial charge in [0, 0.05) is 60.0 Å². The van der Waals surface area contributed by atoms with Crippen LogP contribution in [0.5, 0.6) is 11.6 Å². The molecule has 0 radical (unpaired) electrons. The van der Waals surface area contributed by atoms with E-state index in [0.717, 1.165) is 32.4 Å². The Morgan fingerprint density at radius 3 is 1.93 bits per heavy atom. The molecule has 58 heavy (non-hydrogen) atoms. The summed E-state index contributed by atoms with van der Waals surface area (Å²) >= 11 is 0. The topological polar surface area (TPSA) is 179 Å². The van der Waals surface area contributed by atoms with Crippen molar-refractivity contribution in [3.63, 3.8) is 0 Å². The van der Waals surface area contributed by atoms with Crippen LogP contribution in [0.15, 0.2) is 73.2 Å². The van der Waals surface area contributed by atoms with E-state index in [4.69, 9.17) is 33.2 Å². The van der Waals surface area contributed by atoms with Gasteiger partial charge >= 0.3 is 0 Å². The molecule has 16 nitrogen and oxygen atoms in total. The van der Waals surface area contributed by atoms with Crippen LogP contribution in [0.3, 0.4) is 0 Å². The van der Waals surface area contributed by atoms with Crippen molar-refractivity contribution in [1.29, 1.82) is 0 Å². The molecule has 2 aromatic carbocycles. The number of aryl methyl sites for hydroxylation is 1. The second kappa shape index (κ2) is 19.6. The van der Waals surface area contributed by atoms with Crippen molar-refractivity contribution >= 4 is 45.4 Å². The highest BCUT2D eigenvalue weighted by Gasteiger charge is 2.44. The van der Waals surface area contributed by atoms with Crippen LogP contribution >= 0.6 is 0 Å². The molecular weight excluding hydrogens is 750 g/mol. The minimum absolute atomic E-state index is 0.0608. The minimum Gasteiger partial charge on any atom is -0.491 e. The fourth-order valence-electron chi connectivity index (χ4n) is 6.82. The monoisotopic (exact) mass is 795 g/mol. The number of carbonyl (C=O) groups excluding carboxylic acids is 4. The molecular formula is C42H45N5O11. The zero-order valence-corrected chi connectivity index (χ0v) is 32.2. The van der Waals surface area contributed by atoms with Gasteiger partial charge in [-0.1, -0.05) is 12.1 Å². The van der Waals surface area contributed by atoms with Crippen molar-refractivity contribution in [2.45, 2.75) is 18.9 Å². The molecule has 0 spiro atoms. The highest BCUT2D eigenvalue weighted by atomic mass is 16.6. The normalized spacial score (nSPS) is 15.4. The number of nitrogens with zero attached hydrogens (tertiary/aromatic N) is 4. The van der Waals surface area contributed by atoms with Crippen molar-refractivity contribution in [2.24, 2.45) is 7.05 Å². The summed E-state index contributed by atoms with van der Waals surface area (Å²) < 4.78 is 41.3. The Hall–Kier alpha value is -5.78. The number of ether oxygens (including phenoxy) is 7. The third-order valence-electron chi connectivity index (χ3n) is 9.75. The third kappa shape index (κ3) is 9.66. The van der Waals surface area contributed by atoms with Gasteiger partial charge in [0.05, 0.1) is 82.7 Å². The molecule has 0 saturated carbocycles. The van der Waals surface area contributed by atoms with Crippen LogP contribution in [0.4, 0.5) is 0 Å². The maximum atomic E-state index is 13.0. The molecule has 5 heterocycles. The maximum absolute atomic E-state index is 13.0. The Bertz CT molecular complexity index is 2240. The number of nitrogens with one attached hydrogen (secondary N) is 1. The summed E-state index contributed by atoms with van der Waals surface area (Å²) in [7, 11) is 2.07. The smallest absolute Gasteiger partial charge is 0.262 e. The molecule has 304 valence electrons. The second-order valence-corrected chi connectivity index (χ2v) is 13.5. The van der Waals surface area contributed by atoms with Gasteiger partial charge in [-0.05, 0) is 48.4 Å². The number of amides is 4. The zero-order valence-electron chi connectivity index (χ0n) is 32.2. The molecule has 0 bridgehead atoms. The van der Waals surface area contributed by atoms with Crippen LogP contribution in [-0.4, -0.2) is 128 Å². The highest BCUT2D eigenvalue weighted by molar-refractivity contribution is 6.23. The van der Waals surface area contributed by atoms with E-state index in [2.05, 4.69) is 45.1 Å². The Labute approximate surface area is 334 Å². The lowest BCUT2D eigenvalue weighted by Crippen LogP contribution is -2.54. The summed E-state index contributed by atoms with van der Waals surface area (Å²) in [4.78, 5) is 59.1. The molecule has 0 aliphatic carbocycles. The maximum Gasteiger partial charge on any atom is 0.262 e. The molecule has 1 N–H and O–H groups in total. The van der Waals surface area contributed by atoms with Crippen molar-refractivity contribution < 1.29 is 52.3 Å². The van der Waals surface area contributed by atoms with Crippen molar-refractivity contribution in [3.8, 4) is 22.8 Å². The average Bonchev–Trinajstić information content (AvgIpc) is 3.66. The van der Waals surface area contributed by atoms with Gasteiger partial charge in [0.25, 0.3) is 11.8 Å². The molecule has 5 aromatic rings. The van der Waals surface area contributed by atoms with Gasteiger partial charge < -0.3 is 37.7 Å². The van der Waals surface area contributed by atoms with Crippen molar-refractivity contribution in [3.05, 3.63) is 84.3 Å². The molecule has 1 saturated heterocycles. The largest absolute Gasteiger partial charge is 0.491 e. The SMILES string of the molecule is Cn1c2ccncc2c2ccc(-c3ccc(OCCOCCOCCOCCOCCOCCOc4ccc5c(c4)C(=O)N(C4CCC(=O)NC4=O)C5=O)nc3)cc21. The van der Waals surface area contributed by atoms with E-state index in [1.807, 2.05) is 36.8 Å². The molecule has 1 unspecified atom stereocenters. The number of rotatable bonds is 22. The first-order valence-electron chi connectivity index (χ1n) is 19.2. The molecule has 2 aliphatic rings. The number of carbonyl (C=O) groups is 4. The van der Waals surface area contributed by atoms with Crippen LogP contribution in [0, 0.1) is 0 Å². The predicted octanol–water partition coefficient (Wildman–Crippen LogP) is 3.73. The van der Waals surface area contributed by atoms with E-state index >= 15 is 0 Å². The summed E-state index contributed by atoms with van der Waals surface area (Å²) in [6, 6.07) is 15.9. The Morgan fingerprint density at radius 2 is 1.28 bits per heavy atom. The van der Waals surface area contributed by atoms with Gasteiger partial charge in [-0.2, -0.15) is 0 Å². The average molecular weight is 796 g/mol. The van der Waals surface area contributed by atoms with Crippen LogP contribution in [-0.2, 0) is 40.3 Å². The van der Waals surface area contributed by atoms with Gasteiger partial charge in [-0.15, -0.1) is 0 Å². The lowest BCUT2D eigenvalue weighted by Gasteiger charge is -2.27. The molecule has 1 atom stereocenters. The first-order chi connectivity index (χ1) is 28.4. The summed E-state index contributed by atoms with van der Waals surface area (Å²) in [6.07, 6.45) is 5.69. The van der Waals surface area contributed by atoms with E-state index in [1.165, 1.54) is 17.5 Å². The van der Waals surface area contributed by atoms with Gasteiger partial charge in [-0.25, -0.2) is 4.98 Å². The van der Waals surface area contributed by atoms with Crippen LogP contribution in [0.1, 0.15) is 33.6 Å². The van der Waals surface area contributed by atoms with Gasteiger partial charge in [0.15, 0.2) is 0 Å². The van der Waals surface area contributed by atoms with Crippen molar-refractivity contribution in [2.75, 3.05) is 79.3 Å².